The zero-order valence-corrected chi connectivity index (χ0v) is 11.0. The van der Waals surface area contributed by atoms with Gasteiger partial charge < -0.3 is 5.32 Å². The molecule has 0 radical (unpaired) electrons. The van der Waals surface area contributed by atoms with E-state index in [1.165, 1.54) is 12.8 Å². The highest BCUT2D eigenvalue weighted by Gasteiger charge is 2.46. The quantitative estimate of drug-likeness (QED) is 0.758. The van der Waals surface area contributed by atoms with Gasteiger partial charge in [0.25, 0.3) is 0 Å². The summed E-state index contributed by atoms with van der Waals surface area (Å²) in [5.41, 5.74) is 0.261. The molecule has 1 rings (SSSR count). The maximum atomic E-state index is 11.7. The minimum absolute atomic E-state index is 0.238. The van der Waals surface area contributed by atoms with Crippen molar-refractivity contribution in [1.29, 1.82) is 0 Å². The second-order valence-corrected chi connectivity index (χ2v) is 7.72. The van der Waals surface area contributed by atoms with Crippen molar-refractivity contribution in [3.8, 4) is 0 Å². The van der Waals surface area contributed by atoms with Crippen molar-refractivity contribution in [2.75, 3.05) is 12.8 Å². The van der Waals surface area contributed by atoms with Crippen LogP contribution in [0.4, 0.5) is 0 Å². The first-order valence-corrected chi connectivity index (χ1v) is 7.44. The monoisotopic (exact) mass is 233 g/mol. The van der Waals surface area contributed by atoms with E-state index in [0.29, 0.717) is 11.8 Å². The summed E-state index contributed by atoms with van der Waals surface area (Å²) >= 11 is 0. The smallest absolute Gasteiger partial charge is 0.152 e. The van der Waals surface area contributed by atoms with E-state index in [1.807, 2.05) is 7.05 Å². The highest BCUT2D eigenvalue weighted by molar-refractivity contribution is 7.91. The van der Waals surface area contributed by atoms with Gasteiger partial charge in [-0.2, -0.15) is 0 Å². The molecule has 0 aliphatic heterocycles. The van der Waals surface area contributed by atoms with Crippen LogP contribution in [-0.2, 0) is 9.84 Å². The molecule has 1 fully saturated rings. The van der Waals surface area contributed by atoms with E-state index in [2.05, 4.69) is 12.2 Å². The van der Waals surface area contributed by atoms with Gasteiger partial charge in [0.05, 0.1) is 11.0 Å². The van der Waals surface area contributed by atoms with Gasteiger partial charge in [-0.3, -0.25) is 0 Å². The lowest BCUT2D eigenvalue weighted by molar-refractivity contribution is 0.360. The third-order valence-electron chi connectivity index (χ3n) is 3.85. The average Bonchev–Trinajstić information content (AvgIpc) is 2.94. The predicted molar refractivity (Wildman–Crippen MR) is 63.7 cm³/mol. The van der Waals surface area contributed by atoms with Crippen molar-refractivity contribution in [3.63, 3.8) is 0 Å². The van der Waals surface area contributed by atoms with Crippen LogP contribution in [0, 0.1) is 5.41 Å². The van der Waals surface area contributed by atoms with E-state index in [4.69, 9.17) is 0 Å². The predicted octanol–water partition coefficient (Wildman–Crippen LogP) is 1.59. The summed E-state index contributed by atoms with van der Waals surface area (Å²) in [6, 6.07) is 0.430. The van der Waals surface area contributed by atoms with Crippen molar-refractivity contribution in [1.82, 2.24) is 5.32 Å². The molecule has 0 heterocycles. The number of hydrogen-bond acceptors (Lipinski definition) is 3. The van der Waals surface area contributed by atoms with E-state index >= 15 is 0 Å². The number of hydrogen-bond donors (Lipinski definition) is 1. The van der Waals surface area contributed by atoms with Gasteiger partial charge in [0.1, 0.15) is 0 Å². The topological polar surface area (TPSA) is 46.2 Å². The largest absolute Gasteiger partial charge is 0.317 e. The maximum Gasteiger partial charge on any atom is 0.152 e. The molecule has 90 valence electrons. The molecule has 0 aromatic heterocycles. The van der Waals surface area contributed by atoms with Gasteiger partial charge in [0.15, 0.2) is 9.84 Å². The van der Waals surface area contributed by atoms with Crippen molar-refractivity contribution in [3.05, 3.63) is 0 Å². The Morgan fingerprint density at radius 2 is 1.80 bits per heavy atom. The molecule has 15 heavy (non-hydrogen) atoms. The zero-order chi connectivity index (χ0) is 11.7. The second-order valence-electron chi connectivity index (χ2n) is 5.04. The minimum Gasteiger partial charge on any atom is -0.317 e. The van der Waals surface area contributed by atoms with Gasteiger partial charge in [0.2, 0.25) is 0 Å². The summed E-state index contributed by atoms with van der Waals surface area (Å²) < 4.78 is 23.4. The maximum absolute atomic E-state index is 11.7. The van der Waals surface area contributed by atoms with Crippen LogP contribution in [0.5, 0.6) is 0 Å². The van der Waals surface area contributed by atoms with E-state index in [9.17, 15) is 8.42 Å². The molecule has 1 unspecified atom stereocenters. The molecule has 4 heteroatoms. The molecule has 0 spiro atoms. The molecule has 0 bridgehead atoms. The Morgan fingerprint density at radius 1 is 1.27 bits per heavy atom. The highest BCUT2D eigenvalue weighted by Crippen LogP contribution is 2.51. The van der Waals surface area contributed by atoms with Crippen LogP contribution in [0.15, 0.2) is 0 Å². The molecule has 0 aromatic carbocycles. The standard InChI is InChI=1S/C11H23NO2S/c1-9(2)15(13,14)8-7-11(5-6-11)10(3)12-4/h9-10,12H,5-8H2,1-4H3. The Kier molecular flexibility index (Phi) is 3.82. The molecule has 1 aliphatic carbocycles. The summed E-state index contributed by atoms with van der Waals surface area (Å²) in [6.45, 7) is 5.67. The number of rotatable bonds is 6. The first-order chi connectivity index (χ1) is 6.84. The summed E-state index contributed by atoms with van der Waals surface area (Å²) in [5.74, 6) is 0.344. The molecule has 1 saturated carbocycles. The van der Waals surface area contributed by atoms with Crippen molar-refractivity contribution in [2.24, 2.45) is 5.41 Å². The fraction of sp³-hybridized carbons (Fsp3) is 1.00. The molecule has 0 amide bonds. The minimum atomic E-state index is -2.86. The molecule has 1 aliphatic rings. The summed E-state index contributed by atoms with van der Waals surface area (Å²) in [7, 11) is -0.915. The van der Waals surface area contributed by atoms with Crippen LogP contribution in [0.3, 0.4) is 0 Å². The van der Waals surface area contributed by atoms with Crippen molar-refractivity contribution < 1.29 is 8.42 Å². The van der Waals surface area contributed by atoms with Gasteiger partial charge in [-0.15, -0.1) is 0 Å². The molecule has 0 aromatic rings. The lowest BCUT2D eigenvalue weighted by Gasteiger charge is -2.23. The molecular weight excluding hydrogens is 210 g/mol. The van der Waals surface area contributed by atoms with Crippen molar-refractivity contribution >= 4 is 9.84 Å². The Balaban J connectivity index is 2.51. The van der Waals surface area contributed by atoms with Gasteiger partial charge >= 0.3 is 0 Å². The highest BCUT2D eigenvalue weighted by atomic mass is 32.2. The summed E-state index contributed by atoms with van der Waals surface area (Å²) in [6.07, 6.45) is 3.15. The van der Waals surface area contributed by atoms with E-state index in [0.717, 1.165) is 6.42 Å². The third kappa shape index (κ3) is 2.94. The van der Waals surface area contributed by atoms with Gasteiger partial charge in [-0.25, -0.2) is 8.42 Å². The Labute approximate surface area is 93.6 Å². The van der Waals surface area contributed by atoms with E-state index < -0.39 is 9.84 Å². The molecule has 1 atom stereocenters. The lowest BCUT2D eigenvalue weighted by atomic mass is 9.95. The van der Waals surface area contributed by atoms with Crippen LogP contribution >= 0.6 is 0 Å². The van der Waals surface area contributed by atoms with Crippen LogP contribution in [0.25, 0.3) is 0 Å². The van der Waals surface area contributed by atoms with Gasteiger partial charge in [-0.1, -0.05) is 0 Å². The van der Waals surface area contributed by atoms with Crippen LogP contribution in [0.1, 0.15) is 40.0 Å². The first-order valence-electron chi connectivity index (χ1n) is 5.73. The zero-order valence-electron chi connectivity index (χ0n) is 10.2. The Morgan fingerprint density at radius 3 is 2.13 bits per heavy atom. The van der Waals surface area contributed by atoms with Gasteiger partial charge in [-0.05, 0) is 52.5 Å². The lowest BCUT2D eigenvalue weighted by Crippen LogP contribution is -2.34. The SMILES string of the molecule is CNC(C)C1(CCS(=O)(=O)C(C)C)CC1. The van der Waals surface area contributed by atoms with Crippen LogP contribution < -0.4 is 5.32 Å². The fourth-order valence-electron chi connectivity index (χ4n) is 1.95. The van der Waals surface area contributed by atoms with Crippen molar-refractivity contribution in [2.45, 2.75) is 51.3 Å². The van der Waals surface area contributed by atoms with Crippen LogP contribution in [0.2, 0.25) is 0 Å². The number of sulfone groups is 1. The second kappa shape index (κ2) is 4.42. The average molecular weight is 233 g/mol. The Hall–Kier alpha value is -0.0900. The fourth-order valence-corrected chi connectivity index (χ4v) is 3.11. The summed E-state index contributed by atoms with van der Waals surface area (Å²) in [4.78, 5) is 0. The van der Waals surface area contributed by atoms with Gasteiger partial charge in [0, 0.05) is 6.04 Å². The van der Waals surface area contributed by atoms with E-state index in [1.54, 1.807) is 13.8 Å². The number of nitrogens with one attached hydrogen (secondary N) is 1. The normalized spacial score (nSPS) is 21.7. The molecule has 1 N–H and O–H groups in total. The molecular formula is C11H23NO2S. The third-order valence-corrected chi connectivity index (χ3v) is 6.06. The molecule has 0 saturated heterocycles. The van der Waals surface area contributed by atoms with Crippen LogP contribution in [-0.4, -0.2) is 32.5 Å². The summed E-state index contributed by atoms with van der Waals surface area (Å²) in [5, 5.41) is 3.00. The molecule has 3 nitrogen and oxygen atoms in total. The van der Waals surface area contributed by atoms with E-state index in [-0.39, 0.29) is 10.7 Å². The Bertz CT molecular complexity index is 305. The first kappa shape index (κ1) is 13.0.